The Kier molecular flexibility index (Phi) is 6.39. The summed E-state index contributed by atoms with van der Waals surface area (Å²) in [4.78, 5) is 42.6. The number of aryl methyl sites for hydroxylation is 1. The van der Waals surface area contributed by atoms with Gasteiger partial charge in [0, 0.05) is 45.3 Å². The summed E-state index contributed by atoms with van der Waals surface area (Å²) in [5, 5.41) is 2.95. The van der Waals surface area contributed by atoms with Crippen LogP contribution in [0.5, 0.6) is 0 Å². The van der Waals surface area contributed by atoms with Crippen LogP contribution < -0.4 is 5.32 Å². The second-order valence-corrected chi connectivity index (χ2v) is 8.44. The molecule has 1 aromatic carbocycles. The Bertz CT molecular complexity index is 935. The van der Waals surface area contributed by atoms with E-state index in [0.717, 1.165) is 18.4 Å². The van der Waals surface area contributed by atoms with Crippen molar-refractivity contribution in [3.63, 3.8) is 0 Å². The number of amides is 3. The first-order valence-electron chi connectivity index (χ1n) is 11.1. The van der Waals surface area contributed by atoms with E-state index >= 15 is 0 Å². The van der Waals surface area contributed by atoms with Crippen molar-refractivity contribution < 1.29 is 14.4 Å². The molecule has 4 rings (SSSR count). The SMILES string of the molecule is Cn1cccc1C(=O)N1CCCN(C(=O)C2CC2)C(c2ccccc2)CC(=O)NCC1. The lowest BCUT2D eigenvalue weighted by Crippen LogP contribution is -2.40. The standard InChI is InChI=1S/C24H30N4O3/c1-26-13-5-9-20(26)24(31)27-14-6-15-28(23(30)19-10-11-19)21(17-22(29)25-12-16-27)18-7-3-2-4-8-18/h2-5,7-9,13,19,21H,6,10-12,14-17H2,1H3,(H,25,29). The van der Waals surface area contributed by atoms with Gasteiger partial charge in [0.15, 0.2) is 0 Å². The van der Waals surface area contributed by atoms with E-state index in [1.165, 1.54) is 0 Å². The number of aromatic nitrogens is 1. The zero-order valence-electron chi connectivity index (χ0n) is 18.0. The minimum absolute atomic E-state index is 0.0549. The molecule has 1 aliphatic carbocycles. The highest BCUT2D eigenvalue weighted by molar-refractivity contribution is 5.92. The third-order valence-electron chi connectivity index (χ3n) is 6.13. The van der Waals surface area contributed by atoms with E-state index < -0.39 is 0 Å². The maximum absolute atomic E-state index is 13.2. The van der Waals surface area contributed by atoms with Gasteiger partial charge in [-0.25, -0.2) is 0 Å². The number of nitrogens with zero attached hydrogens (tertiary/aromatic N) is 3. The maximum Gasteiger partial charge on any atom is 0.270 e. The van der Waals surface area contributed by atoms with Gasteiger partial charge >= 0.3 is 0 Å². The number of benzene rings is 1. The third-order valence-corrected chi connectivity index (χ3v) is 6.13. The highest BCUT2D eigenvalue weighted by Crippen LogP contribution is 2.35. The molecule has 0 radical (unpaired) electrons. The predicted octanol–water partition coefficient (Wildman–Crippen LogP) is 2.36. The van der Waals surface area contributed by atoms with Crippen molar-refractivity contribution >= 4 is 17.7 Å². The first-order chi connectivity index (χ1) is 15.0. The van der Waals surface area contributed by atoms with Crippen LogP contribution in [0, 0.1) is 5.92 Å². The fourth-order valence-electron chi connectivity index (χ4n) is 4.24. The Labute approximate surface area is 183 Å². The van der Waals surface area contributed by atoms with Crippen LogP contribution in [0.15, 0.2) is 48.7 Å². The molecule has 3 amide bonds. The van der Waals surface area contributed by atoms with Crippen LogP contribution in [0.3, 0.4) is 0 Å². The zero-order chi connectivity index (χ0) is 21.8. The van der Waals surface area contributed by atoms with Gasteiger partial charge in [0.1, 0.15) is 5.69 Å². The fourth-order valence-corrected chi connectivity index (χ4v) is 4.24. The van der Waals surface area contributed by atoms with Crippen LogP contribution in [-0.4, -0.2) is 58.3 Å². The molecule has 1 atom stereocenters. The van der Waals surface area contributed by atoms with Gasteiger partial charge in [-0.1, -0.05) is 30.3 Å². The first-order valence-corrected chi connectivity index (χ1v) is 11.1. The molecular formula is C24H30N4O3. The molecule has 2 aliphatic rings. The zero-order valence-corrected chi connectivity index (χ0v) is 18.0. The van der Waals surface area contributed by atoms with E-state index in [9.17, 15) is 14.4 Å². The Balaban J connectivity index is 1.57. The summed E-state index contributed by atoms with van der Waals surface area (Å²) < 4.78 is 1.81. The van der Waals surface area contributed by atoms with E-state index in [1.807, 2.05) is 54.5 Å². The second-order valence-electron chi connectivity index (χ2n) is 8.44. The number of hydrogen-bond acceptors (Lipinski definition) is 3. The summed E-state index contributed by atoms with van der Waals surface area (Å²) in [5.74, 6) is 0.0398. The Morgan fingerprint density at radius 2 is 1.77 bits per heavy atom. The van der Waals surface area contributed by atoms with Gasteiger partial charge in [-0.2, -0.15) is 0 Å². The van der Waals surface area contributed by atoms with Crippen molar-refractivity contribution in [1.29, 1.82) is 0 Å². The molecule has 2 fully saturated rings. The summed E-state index contributed by atoms with van der Waals surface area (Å²) >= 11 is 0. The highest BCUT2D eigenvalue weighted by atomic mass is 16.2. The van der Waals surface area contributed by atoms with E-state index in [-0.39, 0.29) is 36.1 Å². The molecule has 1 aromatic heterocycles. The van der Waals surface area contributed by atoms with Crippen molar-refractivity contribution in [3.8, 4) is 0 Å². The molecule has 1 aliphatic heterocycles. The highest BCUT2D eigenvalue weighted by Gasteiger charge is 2.37. The molecule has 7 nitrogen and oxygen atoms in total. The average Bonchev–Trinajstić information content (AvgIpc) is 3.54. The molecule has 1 unspecified atom stereocenters. The van der Waals surface area contributed by atoms with Gasteiger partial charge < -0.3 is 19.7 Å². The van der Waals surface area contributed by atoms with Crippen LogP contribution in [0.4, 0.5) is 0 Å². The number of rotatable bonds is 3. The molecule has 1 N–H and O–H groups in total. The van der Waals surface area contributed by atoms with Crippen LogP contribution in [-0.2, 0) is 16.6 Å². The van der Waals surface area contributed by atoms with E-state index in [0.29, 0.717) is 38.3 Å². The molecule has 1 saturated carbocycles. The van der Waals surface area contributed by atoms with Crippen LogP contribution in [0.1, 0.15) is 47.8 Å². The van der Waals surface area contributed by atoms with Crippen molar-refractivity contribution in [2.75, 3.05) is 26.2 Å². The first kappa shape index (κ1) is 21.2. The van der Waals surface area contributed by atoms with Crippen LogP contribution in [0.2, 0.25) is 0 Å². The van der Waals surface area contributed by atoms with E-state index in [4.69, 9.17) is 0 Å². The van der Waals surface area contributed by atoms with Gasteiger partial charge in [-0.3, -0.25) is 14.4 Å². The van der Waals surface area contributed by atoms with Crippen molar-refractivity contribution in [2.24, 2.45) is 13.0 Å². The number of carbonyl (C=O) groups excluding carboxylic acids is 3. The van der Waals surface area contributed by atoms with Crippen molar-refractivity contribution in [3.05, 3.63) is 59.9 Å². The lowest BCUT2D eigenvalue weighted by molar-refractivity contribution is -0.136. The minimum atomic E-state index is -0.288. The van der Waals surface area contributed by atoms with Gasteiger partial charge in [-0.15, -0.1) is 0 Å². The second kappa shape index (κ2) is 9.37. The Hall–Kier alpha value is -3.09. The van der Waals surface area contributed by atoms with Gasteiger partial charge in [-0.05, 0) is 37.0 Å². The topological polar surface area (TPSA) is 74.7 Å². The van der Waals surface area contributed by atoms with Gasteiger partial charge in [0.05, 0.1) is 12.5 Å². The summed E-state index contributed by atoms with van der Waals surface area (Å²) in [6.07, 6.45) is 4.59. The molecular weight excluding hydrogens is 392 g/mol. The average molecular weight is 423 g/mol. The minimum Gasteiger partial charge on any atom is -0.354 e. The largest absolute Gasteiger partial charge is 0.354 e. The van der Waals surface area contributed by atoms with Crippen molar-refractivity contribution in [1.82, 2.24) is 19.7 Å². The van der Waals surface area contributed by atoms with E-state index in [2.05, 4.69) is 5.32 Å². The van der Waals surface area contributed by atoms with Gasteiger partial charge in [0.2, 0.25) is 11.8 Å². The Morgan fingerprint density at radius 3 is 2.45 bits per heavy atom. The van der Waals surface area contributed by atoms with Crippen LogP contribution in [0.25, 0.3) is 0 Å². The summed E-state index contributed by atoms with van der Waals surface area (Å²) in [5.41, 5.74) is 1.59. The molecule has 31 heavy (non-hydrogen) atoms. The molecule has 7 heteroatoms. The molecule has 164 valence electrons. The monoisotopic (exact) mass is 422 g/mol. The summed E-state index contributed by atoms with van der Waals surface area (Å²) in [7, 11) is 1.85. The van der Waals surface area contributed by atoms with Crippen molar-refractivity contribution in [2.45, 2.75) is 31.7 Å². The molecule has 2 heterocycles. The lowest BCUT2D eigenvalue weighted by Gasteiger charge is -2.32. The molecule has 2 aromatic rings. The summed E-state index contributed by atoms with van der Waals surface area (Å²) in [6.45, 7) is 1.91. The predicted molar refractivity (Wildman–Crippen MR) is 117 cm³/mol. The molecule has 0 spiro atoms. The number of carbonyl (C=O) groups is 3. The number of hydrogen-bond donors (Lipinski definition) is 1. The fraction of sp³-hybridized carbons (Fsp3) is 0.458. The third kappa shape index (κ3) is 4.98. The quantitative estimate of drug-likeness (QED) is 0.825. The lowest BCUT2D eigenvalue weighted by atomic mass is 10.0. The molecule has 0 bridgehead atoms. The Morgan fingerprint density at radius 1 is 1.00 bits per heavy atom. The maximum atomic E-state index is 13.2. The normalized spacial score (nSPS) is 20.7. The summed E-state index contributed by atoms with van der Waals surface area (Å²) in [6, 6.07) is 13.2. The smallest absolute Gasteiger partial charge is 0.270 e. The molecule has 1 saturated heterocycles. The van der Waals surface area contributed by atoms with Gasteiger partial charge in [0.25, 0.3) is 5.91 Å². The number of nitrogens with one attached hydrogen (secondary N) is 1. The van der Waals surface area contributed by atoms with E-state index in [1.54, 1.807) is 15.5 Å². The van der Waals surface area contributed by atoms with Crippen LogP contribution >= 0.6 is 0 Å².